The van der Waals surface area contributed by atoms with Crippen LogP contribution in [0.2, 0.25) is 5.02 Å². The van der Waals surface area contributed by atoms with Crippen molar-refractivity contribution in [3.05, 3.63) is 53.4 Å². The van der Waals surface area contributed by atoms with Crippen molar-refractivity contribution >= 4 is 28.9 Å². The summed E-state index contributed by atoms with van der Waals surface area (Å²) in [7, 11) is 0. The van der Waals surface area contributed by atoms with E-state index in [4.69, 9.17) is 21.0 Å². The summed E-state index contributed by atoms with van der Waals surface area (Å²) in [5.74, 6) is 0.411. The second-order valence-electron chi connectivity index (χ2n) is 6.23. The van der Waals surface area contributed by atoms with E-state index in [0.29, 0.717) is 16.6 Å². The van der Waals surface area contributed by atoms with Gasteiger partial charge in [0.2, 0.25) is 0 Å². The largest absolute Gasteiger partial charge is 0.461 e. The van der Waals surface area contributed by atoms with Crippen LogP contribution >= 0.6 is 11.6 Å². The molecule has 1 aliphatic heterocycles. The summed E-state index contributed by atoms with van der Waals surface area (Å²) in [5, 5.41) is 2.70. The van der Waals surface area contributed by atoms with Crippen LogP contribution in [0.25, 0.3) is 0 Å². The molecule has 4 rings (SSSR count). The highest BCUT2D eigenvalue weighted by molar-refractivity contribution is 6.45. The quantitative estimate of drug-likeness (QED) is 0.848. The van der Waals surface area contributed by atoms with Crippen LogP contribution in [-0.2, 0) is 0 Å². The first-order chi connectivity index (χ1) is 11.7. The summed E-state index contributed by atoms with van der Waals surface area (Å²) in [6.07, 6.45) is 6.72. The van der Waals surface area contributed by atoms with Crippen molar-refractivity contribution in [2.45, 2.75) is 37.8 Å². The van der Waals surface area contributed by atoms with Crippen molar-refractivity contribution < 1.29 is 9.21 Å². The molecule has 24 heavy (non-hydrogen) atoms. The molecule has 2 heterocycles. The van der Waals surface area contributed by atoms with Crippen molar-refractivity contribution in [3.8, 4) is 0 Å². The van der Waals surface area contributed by atoms with Gasteiger partial charge in [-0.1, -0.05) is 18.0 Å². The Labute approximate surface area is 145 Å². The number of aliphatic imine (C=N–C) groups is 1. The smallest absolute Gasteiger partial charge is 0.264 e. The van der Waals surface area contributed by atoms with E-state index in [1.54, 1.807) is 12.1 Å². The van der Waals surface area contributed by atoms with E-state index in [-0.39, 0.29) is 5.78 Å². The Morgan fingerprint density at radius 1 is 1.17 bits per heavy atom. The maximum atomic E-state index is 12.6. The molecule has 0 atom stereocenters. The third kappa shape index (κ3) is 2.59. The van der Waals surface area contributed by atoms with Crippen LogP contribution in [-0.4, -0.2) is 17.3 Å². The van der Waals surface area contributed by atoms with Crippen molar-refractivity contribution in [1.82, 2.24) is 5.43 Å². The van der Waals surface area contributed by atoms with E-state index in [0.717, 1.165) is 31.4 Å². The molecule has 6 heteroatoms. The van der Waals surface area contributed by atoms with Crippen molar-refractivity contribution in [1.29, 1.82) is 0 Å². The normalized spacial score (nSPS) is 19.2. The van der Waals surface area contributed by atoms with Crippen LogP contribution in [0.3, 0.4) is 0 Å². The topological polar surface area (TPSA) is 57.8 Å². The number of nitrogens with one attached hydrogen (secondary N) is 1. The molecule has 0 bridgehead atoms. The number of carbonyl (C=O) groups excluding carboxylic acids is 1. The number of ketones is 1. The monoisotopic (exact) mass is 343 g/mol. The number of amidine groups is 1. The fraction of sp³-hybridized carbons (Fsp3) is 0.333. The molecule has 0 saturated heterocycles. The molecule has 5 nitrogen and oxygen atoms in total. The molecular formula is C18H18ClN3O2. The highest BCUT2D eigenvalue weighted by Gasteiger charge is 2.45. The van der Waals surface area contributed by atoms with Crippen LogP contribution in [0, 0.1) is 0 Å². The molecule has 1 fully saturated rings. The van der Waals surface area contributed by atoms with Gasteiger partial charge in [-0.05, 0) is 62.1 Å². The van der Waals surface area contributed by atoms with Gasteiger partial charge in [0.25, 0.3) is 5.78 Å². The second kappa shape index (κ2) is 5.98. The molecule has 1 N–H and O–H groups in total. The van der Waals surface area contributed by atoms with Crippen LogP contribution in [0.1, 0.15) is 42.7 Å². The van der Waals surface area contributed by atoms with E-state index < -0.39 is 5.66 Å². The molecule has 1 aromatic heterocycles. The van der Waals surface area contributed by atoms with Gasteiger partial charge in [-0.15, -0.1) is 0 Å². The zero-order chi connectivity index (χ0) is 16.6. The first-order valence-corrected chi connectivity index (χ1v) is 8.56. The summed E-state index contributed by atoms with van der Waals surface area (Å²) in [4.78, 5) is 17.4. The lowest BCUT2D eigenvalue weighted by atomic mass is 9.89. The summed E-state index contributed by atoms with van der Waals surface area (Å²) in [6, 6.07) is 11.0. The average molecular weight is 344 g/mol. The number of furan rings is 1. The van der Waals surface area contributed by atoms with Crippen LogP contribution in [0.4, 0.5) is 5.69 Å². The van der Waals surface area contributed by atoms with E-state index >= 15 is 0 Å². The molecule has 1 aliphatic carbocycles. The third-order valence-electron chi connectivity index (χ3n) is 4.65. The Balaban J connectivity index is 1.70. The Kier molecular flexibility index (Phi) is 3.81. The molecule has 2 aromatic rings. The van der Waals surface area contributed by atoms with Crippen molar-refractivity contribution in [2.75, 3.05) is 5.01 Å². The zero-order valence-electron chi connectivity index (χ0n) is 13.2. The first kappa shape index (κ1) is 15.3. The minimum atomic E-state index is -0.413. The van der Waals surface area contributed by atoms with E-state index in [2.05, 4.69) is 5.43 Å². The predicted molar refractivity (Wildman–Crippen MR) is 93.4 cm³/mol. The Bertz CT molecular complexity index is 762. The minimum Gasteiger partial charge on any atom is -0.461 e. The third-order valence-corrected chi connectivity index (χ3v) is 4.91. The number of hydrazine groups is 1. The number of halogens is 1. The molecule has 0 unspecified atom stereocenters. The number of hydrogen-bond donors (Lipinski definition) is 1. The van der Waals surface area contributed by atoms with Gasteiger partial charge < -0.3 is 4.42 Å². The molecule has 2 aliphatic rings. The standard InChI is InChI=1S/C18H18ClN3O2/c19-13-6-8-14(9-7-13)22-18(10-2-1-3-11-18)20-17(21-22)16(23)15-5-4-12-24-15/h4-9,12H,1-3,10-11H2,(H,20,21). The van der Waals surface area contributed by atoms with Gasteiger partial charge in [0.15, 0.2) is 17.3 Å². The fourth-order valence-electron chi connectivity index (χ4n) is 3.47. The summed E-state index contributed by atoms with van der Waals surface area (Å²) < 4.78 is 5.23. The maximum absolute atomic E-state index is 12.6. The fourth-order valence-corrected chi connectivity index (χ4v) is 3.59. The van der Waals surface area contributed by atoms with Gasteiger partial charge in [0, 0.05) is 5.02 Å². The minimum absolute atomic E-state index is 0.221. The van der Waals surface area contributed by atoms with Gasteiger partial charge in [0.05, 0.1) is 12.0 Å². The lowest BCUT2D eigenvalue weighted by Gasteiger charge is -2.39. The molecule has 0 radical (unpaired) electrons. The predicted octanol–water partition coefficient (Wildman–Crippen LogP) is 4.20. The Morgan fingerprint density at radius 3 is 2.58 bits per heavy atom. The highest BCUT2D eigenvalue weighted by Crippen LogP contribution is 2.39. The number of nitrogens with zero attached hydrogens (tertiary/aromatic N) is 2. The van der Waals surface area contributed by atoms with Crippen LogP contribution < -0.4 is 10.4 Å². The number of carbonyl (C=O) groups is 1. The highest BCUT2D eigenvalue weighted by atomic mass is 35.5. The molecule has 1 aromatic carbocycles. The molecule has 1 saturated carbocycles. The first-order valence-electron chi connectivity index (χ1n) is 8.18. The summed E-state index contributed by atoms with van der Waals surface area (Å²) >= 11 is 6.01. The van der Waals surface area contributed by atoms with Crippen molar-refractivity contribution in [2.24, 2.45) is 4.99 Å². The molecular weight excluding hydrogens is 326 g/mol. The van der Waals surface area contributed by atoms with Crippen molar-refractivity contribution in [3.63, 3.8) is 0 Å². The Hall–Kier alpha value is -2.27. The summed E-state index contributed by atoms with van der Waals surface area (Å²) in [6.45, 7) is 0. The molecule has 1 spiro atoms. The van der Waals surface area contributed by atoms with E-state index in [9.17, 15) is 4.79 Å². The molecule has 124 valence electrons. The Morgan fingerprint density at radius 2 is 1.92 bits per heavy atom. The SMILES string of the molecule is O=C(C1=NC2(CCCCC2)N(c2ccc(Cl)cc2)N1)c1ccco1. The van der Waals surface area contributed by atoms with E-state index in [1.165, 1.54) is 12.7 Å². The van der Waals surface area contributed by atoms with Gasteiger partial charge in [0.1, 0.15) is 0 Å². The second-order valence-corrected chi connectivity index (χ2v) is 6.67. The number of Topliss-reactive ketones (excluding diaryl/α,β-unsaturated/α-hetero) is 1. The number of anilines is 1. The zero-order valence-corrected chi connectivity index (χ0v) is 13.9. The number of benzene rings is 1. The van der Waals surface area contributed by atoms with Gasteiger partial charge in [-0.3, -0.25) is 15.2 Å². The van der Waals surface area contributed by atoms with E-state index in [1.807, 2.05) is 29.3 Å². The van der Waals surface area contributed by atoms with Crippen LogP contribution in [0.5, 0.6) is 0 Å². The number of hydrogen-bond acceptors (Lipinski definition) is 5. The lowest BCUT2D eigenvalue weighted by molar-refractivity contribution is 0.103. The molecule has 0 amide bonds. The van der Waals surface area contributed by atoms with Crippen LogP contribution in [0.15, 0.2) is 52.1 Å². The van der Waals surface area contributed by atoms with Gasteiger partial charge in [-0.2, -0.15) is 0 Å². The lowest BCUT2D eigenvalue weighted by Crippen LogP contribution is -2.52. The van der Waals surface area contributed by atoms with Gasteiger partial charge in [-0.25, -0.2) is 4.99 Å². The summed E-state index contributed by atoms with van der Waals surface area (Å²) in [5.41, 5.74) is 3.74. The maximum Gasteiger partial charge on any atom is 0.264 e. The van der Waals surface area contributed by atoms with Gasteiger partial charge >= 0.3 is 0 Å². The average Bonchev–Trinajstić information content (AvgIpc) is 3.25. The number of rotatable bonds is 3.